The van der Waals surface area contributed by atoms with E-state index in [-0.39, 0.29) is 6.61 Å². The van der Waals surface area contributed by atoms with Crippen molar-refractivity contribution < 1.29 is 9.84 Å². The Hall–Kier alpha value is -0.120. The average Bonchev–Trinajstić information content (AvgIpc) is 2.11. The number of hydrogen-bond acceptors (Lipinski definition) is 3. The minimum absolute atomic E-state index is 0.264. The molecule has 11 heavy (non-hydrogen) atoms. The van der Waals surface area contributed by atoms with E-state index in [0.717, 1.165) is 32.8 Å². The van der Waals surface area contributed by atoms with E-state index in [4.69, 9.17) is 9.84 Å². The van der Waals surface area contributed by atoms with Gasteiger partial charge in [0, 0.05) is 19.6 Å². The lowest BCUT2D eigenvalue weighted by atomic mass is 10.4. The lowest BCUT2D eigenvalue weighted by Gasteiger charge is -2.25. The lowest BCUT2D eigenvalue weighted by molar-refractivity contribution is 0.0306. The first kappa shape index (κ1) is 10.9. The van der Waals surface area contributed by atoms with Crippen molar-refractivity contribution >= 4 is 0 Å². The molecule has 0 bridgehead atoms. The molecule has 0 aromatic rings. The van der Waals surface area contributed by atoms with E-state index in [2.05, 4.69) is 4.90 Å². The van der Waals surface area contributed by atoms with Gasteiger partial charge in [0.25, 0.3) is 0 Å². The van der Waals surface area contributed by atoms with Crippen LogP contribution < -0.4 is 0 Å². The van der Waals surface area contributed by atoms with Crippen molar-refractivity contribution in [1.82, 2.24) is 4.90 Å². The zero-order valence-corrected chi connectivity index (χ0v) is 7.55. The van der Waals surface area contributed by atoms with E-state index in [0.29, 0.717) is 0 Å². The summed E-state index contributed by atoms with van der Waals surface area (Å²) in [5, 5.41) is 8.54. The Bertz CT molecular complexity index is 69.7. The maximum Gasteiger partial charge on any atom is 0.0594 e. The number of hydrogen-bond donors (Lipinski definition) is 1. The van der Waals surface area contributed by atoms with E-state index in [9.17, 15) is 0 Å². The van der Waals surface area contributed by atoms with Gasteiger partial charge in [0.15, 0.2) is 0 Å². The highest BCUT2D eigenvalue weighted by Gasteiger charge is 2.07. The Morgan fingerprint density at radius 2 is 1.82 bits per heavy atom. The van der Waals surface area contributed by atoms with Crippen LogP contribution in [0.15, 0.2) is 0 Å². The van der Waals surface area contributed by atoms with E-state index < -0.39 is 0 Å². The smallest absolute Gasteiger partial charge is 0.0594 e. The molecular formula is C8H19NO2. The maximum atomic E-state index is 8.54. The number of ether oxygens (including phenoxy) is 1. The summed E-state index contributed by atoms with van der Waals surface area (Å²) >= 11 is 0. The number of nitrogens with zero attached hydrogens (tertiary/aromatic N) is 1. The minimum atomic E-state index is 0.264. The van der Waals surface area contributed by atoms with Gasteiger partial charge >= 0.3 is 0 Å². The van der Waals surface area contributed by atoms with Gasteiger partial charge in [-0.15, -0.1) is 0 Å². The first-order valence-corrected chi connectivity index (χ1v) is 4.34. The van der Waals surface area contributed by atoms with Gasteiger partial charge in [-0.3, -0.25) is 4.90 Å². The van der Waals surface area contributed by atoms with Gasteiger partial charge in [-0.1, -0.05) is 13.8 Å². The molecule has 0 spiro atoms. The molecule has 0 unspecified atom stereocenters. The van der Waals surface area contributed by atoms with E-state index in [1.54, 1.807) is 0 Å². The lowest BCUT2D eigenvalue weighted by Crippen LogP contribution is -2.37. The monoisotopic (exact) mass is 161 g/mol. The molecule has 0 saturated carbocycles. The third kappa shape index (κ3) is 5.18. The molecular weight excluding hydrogens is 142 g/mol. The van der Waals surface area contributed by atoms with Crippen molar-refractivity contribution in [3.05, 3.63) is 0 Å². The Kier molecular flexibility index (Phi) is 7.89. The van der Waals surface area contributed by atoms with Crippen molar-refractivity contribution in [1.29, 1.82) is 0 Å². The third-order valence-corrected chi connectivity index (χ3v) is 1.52. The molecule has 0 amide bonds. The van der Waals surface area contributed by atoms with Crippen LogP contribution in [0.3, 0.4) is 0 Å². The van der Waals surface area contributed by atoms with Gasteiger partial charge in [-0.2, -0.15) is 0 Å². The van der Waals surface area contributed by atoms with Crippen LogP contribution >= 0.6 is 0 Å². The molecule has 0 aliphatic carbocycles. The highest BCUT2D eigenvalue weighted by atomic mass is 16.5. The first-order valence-electron chi connectivity index (χ1n) is 4.34. The fourth-order valence-corrected chi connectivity index (χ4v) is 0.966. The van der Waals surface area contributed by atoms with Crippen molar-refractivity contribution in [3.63, 3.8) is 0 Å². The van der Waals surface area contributed by atoms with Crippen LogP contribution in [0.2, 0.25) is 0 Å². The zero-order chi connectivity index (χ0) is 8.53. The molecule has 1 fully saturated rings. The average molecular weight is 161 g/mol. The summed E-state index contributed by atoms with van der Waals surface area (Å²) in [6, 6.07) is 0. The highest BCUT2D eigenvalue weighted by molar-refractivity contribution is 4.59. The van der Waals surface area contributed by atoms with Gasteiger partial charge in [0.05, 0.1) is 19.8 Å². The molecule has 3 heteroatoms. The minimum Gasteiger partial charge on any atom is -0.395 e. The summed E-state index contributed by atoms with van der Waals surface area (Å²) < 4.78 is 5.12. The van der Waals surface area contributed by atoms with Crippen LogP contribution in [-0.4, -0.2) is 49.5 Å². The van der Waals surface area contributed by atoms with Crippen LogP contribution in [0, 0.1) is 0 Å². The van der Waals surface area contributed by atoms with Crippen LogP contribution in [-0.2, 0) is 4.74 Å². The molecule has 1 aliphatic rings. The SMILES string of the molecule is CC.OCCN1CCOCC1. The molecule has 3 nitrogen and oxygen atoms in total. The molecule has 68 valence electrons. The van der Waals surface area contributed by atoms with Crippen LogP contribution in [0.1, 0.15) is 13.8 Å². The number of β-amino-alcohol motifs (C(OH)–C–C–N with tert-alkyl or cyclic N) is 1. The molecule has 1 aliphatic heterocycles. The third-order valence-electron chi connectivity index (χ3n) is 1.52. The number of aliphatic hydroxyl groups is 1. The molecule has 0 atom stereocenters. The van der Waals surface area contributed by atoms with Crippen LogP contribution in [0.5, 0.6) is 0 Å². The van der Waals surface area contributed by atoms with E-state index >= 15 is 0 Å². The fourth-order valence-electron chi connectivity index (χ4n) is 0.966. The zero-order valence-electron chi connectivity index (χ0n) is 7.55. The van der Waals surface area contributed by atoms with Gasteiger partial charge in [-0.05, 0) is 0 Å². The Morgan fingerprint density at radius 1 is 1.27 bits per heavy atom. The van der Waals surface area contributed by atoms with Gasteiger partial charge in [0.1, 0.15) is 0 Å². The van der Waals surface area contributed by atoms with Gasteiger partial charge in [-0.25, -0.2) is 0 Å². The second kappa shape index (κ2) is 7.98. The fraction of sp³-hybridized carbons (Fsp3) is 1.00. The number of aliphatic hydroxyl groups excluding tert-OH is 1. The van der Waals surface area contributed by atoms with Crippen LogP contribution in [0.4, 0.5) is 0 Å². The van der Waals surface area contributed by atoms with Gasteiger partial charge < -0.3 is 9.84 Å². The Morgan fingerprint density at radius 3 is 2.27 bits per heavy atom. The first-order chi connectivity index (χ1) is 5.43. The quantitative estimate of drug-likeness (QED) is 0.634. The Balaban J connectivity index is 0.000000461. The summed E-state index contributed by atoms with van der Waals surface area (Å²) in [4.78, 5) is 2.20. The summed E-state index contributed by atoms with van der Waals surface area (Å²) in [7, 11) is 0. The predicted octanol–water partition coefficient (Wildman–Crippen LogP) is 0.337. The number of morpholine rings is 1. The van der Waals surface area contributed by atoms with Crippen molar-refractivity contribution in [3.8, 4) is 0 Å². The van der Waals surface area contributed by atoms with Crippen molar-refractivity contribution in [2.24, 2.45) is 0 Å². The normalized spacial score (nSPS) is 18.8. The van der Waals surface area contributed by atoms with E-state index in [1.807, 2.05) is 13.8 Å². The molecule has 1 rings (SSSR count). The summed E-state index contributed by atoms with van der Waals surface area (Å²) in [5.41, 5.74) is 0. The van der Waals surface area contributed by atoms with Crippen LogP contribution in [0.25, 0.3) is 0 Å². The molecule has 0 aromatic carbocycles. The second-order valence-electron chi connectivity index (χ2n) is 2.18. The molecule has 0 aromatic heterocycles. The Labute approximate surface area is 69.0 Å². The summed E-state index contributed by atoms with van der Waals surface area (Å²) in [5.74, 6) is 0. The van der Waals surface area contributed by atoms with E-state index in [1.165, 1.54) is 0 Å². The summed E-state index contributed by atoms with van der Waals surface area (Å²) in [6.07, 6.45) is 0. The molecule has 1 heterocycles. The second-order valence-corrected chi connectivity index (χ2v) is 2.18. The van der Waals surface area contributed by atoms with Crippen molar-refractivity contribution in [2.75, 3.05) is 39.5 Å². The maximum absolute atomic E-state index is 8.54. The molecule has 0 radical (unpaired) electrons. The summed E-state index contributed by atoms with van der Waals surface area (Å²) in [6.45, 7) is 8.64. The molecule has 1 saturated heterocycles. The topological polar surface area (TPSA) is 32.7 Å². The molecule has 1 N–H and O–H groups in total. The highest BCUT2D eigenvalue weighted by Crippen LogP contribution is 1.93. The standard InChI is InChI=1S/C6H13NO2.C2H6/c8-4-1-7-2-5-9-6-3-7;1-2/h8H,1-6H2;1-2H3. The van der Waals surface area contributed by atoms with Crippen molar-refractivity contribution in [2.45, 2.75) is 13.8 Å². The van der Waals surface area contributed by atoms with Gasteiger partial charge in [0.2, 0.25) is 0 Å². The number of rotatable bonds is 2. The predicted molar refractivity (Wildman–Crippen MR) is 45.7 cm³/mol. The largest absolute Gasteiger partial charge is 0.395 e.